The predicted octanol–water partition coefficient (Wildman–Crippen LogP) is 1.78. The van der Waals surface area contributed by atoms with E-state index in [4.69, 9.17) is 4.74 Å². The van der Waals surface area contributed by atoms with E-state index in [1.807, 2.05) is 37.3 Å². The average Bonchev–Trinajstić information content (AvgIpc) is 2.90. The maximum atomic E-state index is 11.9. The lowest BCUT2D eigenvalue weighted by atomic mass is 10.2. The van der Waals surface area contributed by atoms with Crippen molar-refractivity contribution < 1.29 is 9.53 Å². The number of anilines is 1. The van der Waals surface area contributed by atoms with E-state index in [0.717, 1.165) is 25.1 Å². The molecule has 0 aromatic heterocycles. The fourth-order valence-electron chi connectivity index (χ4n) is 2.02. The predicted molar refractivity (Wildman–Crippen MR) is 71.5 cm³/mol. The van der Waals surface area contributed by atoms with Gasteiger partial charge in [-0.1, -0.05) is 18.2 Å². The molecule has 2 rings (SSSR count). The summed E-state index contributed by atoms with van der Waals surface area (Å²) in [7, 11) is 0. The largest absolute Gasteiger partial charge is 0.376 e. The molecule has 1 aromatic carbocycles. The Balaban J connectivity index is 1.74. The summed E-state index contributed by atoms with van der Waals surface area (Å²) >= 11 is 0. The Bertz CT molecular complexity index is 375. The first-order chi connectivity index (χ1) is 8.75. The molecule has 1 heterocycles. The van der Waals surface area contributed by atoms with Gasteiger partial charge in [0.25, 0.3) is 0 Å². The highest BCUT2D eigenvalue weighted by molar-refractivity contribution is 5.84. The lowest BCUT2D eigenvalue weighted by Gasteiger charge is -2.17. The van der Waals surface area contributed by atoms with E-state index in [2.05, 4.69) is 10.6 Å². The molecule has 0 bridgehead atoms. The Morgan fingerprint density at radius 3 is 2.89 bits per heavy atom. The number of carbonyl (C=O) groups is 1. The number of hydrogen-bond acceptors (Lipinski definition) is 3. The number of para-hydroxylation sites is 1. The van der Waals surface area contributed by atoms with Crippen molar-refractivity contribution in [1.82, 2.24) is 5.32 Å². The number of ether oxygens (including phenoxy) is 1. The molecule has 1 amide bonds. The third-order valence-corrected chi connectivity index (χ3v) is 3.08. The Morgan fingerprint density at radius 2 is 2.22 bits per heavy atom. The van der Waals surface area contributed by atoms with Gasteiger partial charge in [0.2, 0.25) is 5.91 Å². The van der Waals surface area contributed by atoms with Gasteiger partial charge in [0, 0.05) is 18.8 Å². The second-order valence-electron chi connectivity index (χ2n) is 4.61. The summed E-state index contributed by atoms with van der Waals surface area (Å²) in [6.07, 6.45) is 2.33. The molecule has 0 aliphatic carbocycles. The minimum atomic E-state index is -0.242. The van der Waals surface area contributed by atoms with Gasteiger partial charge in [0.1, 0.15) is 6.04 Å². The SMILES string of the molecule is CC(Nc1ccccc1)C(=O)NCC1CCCO1. The van der Waals surface area contributed by atoms with Gasteiger partial charge < -0.3 is 15.4 Å². The van der Waals surface area contributed by atoms with Crippen LogP contribution < -0.4 is 10.6 Å². The lowest BCUT2D eigenvalue weighted by molar-refractivity contribution is -0.122. The molecule has 0 radical (unpaired) electrons. The second-order valence-corrected chi connectivity index (χ2v) is 4.61. The molecule has 2 N–H and O–H groups in total. The monoisotopic (exact) mass is 248 g/mol. The molecule has 4 nitrogen and oxygen atoms in total. The number of carbonyl (C=O) groups excluding carboxylic acids is 1. The summed E-state index contributed by atoms with van der Waals surface area (Å²) in [6, 6.07) is 9.49. The summed E-state index contributed by atoms with van der Waals surface area (Å²) in [5, 5.41) is 6.08. The van der Waals surface area contributed by atoms with Gasteiger partial charge in [-0.2, -0.15) is 0 Å². The van der Waals surface area contributed by atoms with Gasteiger partial charge in [0.15, 0.2) is 0 Å². The van der Waals surface area contributed by atoms with Gasteiger partial charge in [-0.15, -0.1) is 0 Å². The molecule has 0 saturated carbocycles. The van der Waals surface area contributed by atoms with Crippen LogP contribution in [0.2, 0.25) is 0 Å². The van der Waals surface area contributed by atoms with Crippen LogP contribution in [-0.2, 0) is 9.53 Å². The van der Waals surface area contributed by atoms with Gasteiger partial charge >= 0.3 is 0 Å². The van der Waals surface area contributed by atoms with Crippen LogP contribution in [0.1, 0.15) is 19.8 Å². The highest BCUT2D eigenvalue weighted by atomic mass is 16.5. The van der Waals surface area contributed by atoms with E-state index in [1.165, 1.54) is 0 Å². The van der Waals surface area contributed by atoms with E-state index in [0.29, 0.717) is 6.54 Å². The minimum Gasteiger partial charge on any atom is -0.376 e. The normalized spacial score (nSPS) is 20.4. The van der Waals surface area contributed by atoms with Crippen LogP contribution in [0.5, 0.6) is 0 Å². The Hall–Kier alpha value is -1.55. The topological polar surface area (TPSA) is 50.4 Å². The summed E-state index contributed by atoms with van der Waals surface area (Å²) in [4.78, 5) is 11.9. The molecule has 1 fully saturated rings. The van der Waals surface area contributed by atoms with Crippen molar-refractivity contribution in [3.63, 3.8) is 0 Å². The van der Waals surface area contributed by atoms with Crippen LogP contribution in [-0.4, -0.2) is 31.2 Å². The zero-order chi connectivity index (χ0) is 12.8. The first kappa shape index (κ1) is 12.9. The maximum absolute atomic E-state index is 11.9. The molecule has 0 spiro atoms. The molecule has 1 aliphatic rings. The summed E-state index contributed by atoms with van der Waals surface area (Å²) < 4.78 is 5.47. The van der Waals surface area contributed by atoms with E-state index in [1.54, 1.807) is 0 Å². The minimum absolute atomic E-state index is 0.00866. The highest BCUT2D eigenvalue weighted by Crippen LogP contribution is 2.11. The van der Waals surface area contributed by atoms with Crippen LogP contribution in [0.3, 0.4) is 0 Å². The van der Waals surface area contributed by atoms with Crippen molar-refractivity contribution in [3.05, 3.63) is 30.3 Å². The zero-order valence-electron chi connectivity index (χ0n) is 10.7. The quantitative estimate of drug-likeness (QED) is 0.835. The number of hydrogen-bond donors (Lipinski definition) is 2. The fraction of sp³-hybridized carbons (Fsp3) is 0.500. The zero-order valence-corrected chi connectivity index (χ0v) is 10.7. The molecule has 18 heavy (non-hydrogen) atoms. The van der Waals surface area contributed by atoms with Crippen molar-refractivity contribution in [2.75, 3.05) is 18.5 Å². The Kier molecular flexibility index (Phi) is 4.59. The van der Waals surface area contributed by atoms with Crippen LogP contribution in [0, 0.1) is 0 Å². The second kappa shape index (κ2) is 6.40. The van der Waals surface area contributed by atoms with Crippen molar-refractivity contribution in [1.29, 1.82) is 0 Å². The molecule has 4 heteroatoms. The van der Waals surface area contributed by atoms with Crippen molar-refractivity contribution >= 4 is 11.6 Å². The first-order valence-corrected chi connectivity index (χ1v) is 6.46. The lowest BCUT2D eigenvalue weighted by Crippen LogP contribution is -2.41. The van der Waals surface area contributed by atoms with Crippen LogP contribution in [0.25, 0.3) is 0 Å². The first-order valence-electron chi connectivity index (χ1n) is 6.46. The molecule has 1 aromatic rings. The van der Waals surface area contributed by atoms with Gasteiger partial charge in [-0.3, -0.25) is 4.79 Å². The van der Waals surface area contributed by atoms with E-state index >= 15 is 0 Å². The number of nitrogens with one attached hydrogen (secondary N) is 2. The third-order valence-electron chi connectivity index (χ3n) is 3.08. The Morgan fingerprint density at radius 1 is 1.44 bits per heavy atom. The molecule has 2 atom stereocenters. The molecule has 2 unspecified atom stereocenters. The fourth-order valence-corrected chi connectivity index (χ4v) is 2.02. The summed E-state index contributed by atoms with van der Waals surface area (Å²) in [5.41, 5.74) is 0.956. The smallest absolute Gasteiger partial charge is 0.242 e. The summed E-state index contributed by atoms with van der Waals surface area (Å²) in [6.45, 7) is 3.29. The Labute approximate surface area is 108 Å². The molecule has 1 aliphatic heterocycles. The number of rotatable bonds is 5. The molecular weight excluding hydrogens is 228 g/mol. The van der Waals surface area contributed by atoms with E-state index < -0.39 is 0 Å². The third kappa shape index (κ3) is 3.74. The maximum Gasteiger partial charge on any atom is 0.242 e. The molecular formula is C14H20N2O2. The van der Waals surface area contributed by atoms with Gasteiger partial charge in [-0.25, -0.2) is 0 Å². The average molecular weight is 248 g/mol. The van der Waals surface area contributed by atoms with E-state index in [-0.39, 0.29) is 18.1 Å². The van der Waals surface area contributed by atoms with Crippen molar-refractivity contribution in [2.24, 2.45) is 0 Å². The van der Waals surface area contributed by atoms with Gasteiger partial charge in [-0.05, 0) is 31.9 Å². The van der Waals surface area contributed by atoms with Crippen LogP contribution >= 0.6 is 0 Å². The standard InChI is InChI=1S/C14H20N2O2/c1-11(16-12-6-3-2-4-7-12)14(17)15-10-13-8-5-9-18-13/h2-4,6-7,11,13,16H,5,8-10H2,1H3,(H,15,17). The highest BCUT2D eigenvalue weighted by Gasteiger charge is 2.18. The van der Waals surface area contributed by atoms with E-state index in [9.17, 15) is 4.79 Å². The van der Waals surface area contributed by atoms with Crippen molar-refractivity contribution in [2.45, 2.75) is 31.9 Å². The number of amides is 1. The van der Waals surface area contributed by atoms with Crippen LogP contribution in [0.4, 0.5) is 5.69 Å². The van der Waals surface area contributed by atoms with Gasteiger partial charge in [0.05, 0.1) is 6.10 Å². The van der Waals surface area contributed by atoms with Crippen LogP contribution in [0.15, 0.2) is 30.3 Å². The molecule has 1 saturated heterocycles. The molecule has 98 valence electrons. The summed E-state index contributed by atoms with van der Waals surface area (Å²) in [5.74, 6) is 0.00866. The number of benzene rings is 1. The van der Waals surface area contributed by atoms with Crippen molar-refractivity contribution in [3.8, 4) is 0 Å².